The number of nitrogens with one attached hydrogen (secondary N) is 1. The summed E-state index contributed by atoms with van der Waals surface area (Å²) in [5.41, 5.74) is 5.29. The Morgan fingerprint density at radius 3 is 2.31 bits per heavy atom. The van der Waals surface area contributed by atoms with E-state index >= 15 is 0 Å². The summed E-state index contributed by atoms with van der Waals surface area (Å²) in [6.07, 6.45) is -1.71. The normalized spacial score (nSPS) is 11.9. The van der Waals surface area contributed by atoms with Crippen LogP contribution in [0.5, 0.6) is 5.88 Å². The zero-order chi connectivity index (χ0) is 20.8. The quantitative estimate of drug-likeness (QED) is 0.421. The van der Waals surface area contributed by atoms with Gasteiger partial charge in [0.15, 0.2) is 6.10 Å². The molecule has 9 heteroatoms. The minimum absolute atomic E-state index is 0.130. The number of carbonyl (C=O) groups is 2. The van der Waals surface area contributed by atoms with Crippen molar-refractivity contribution in [1.82, 2.24) is 15.6 Å². The Kier molecular flexibility index (Phi) is 6.22. The number of aliphatic carboxylic acids is 1. The van der Waals surface area contributed by atoms with Gasteiger partial charge in [-0.3, -0.25) is 10.2 Å². The number of hydrogen-bond donors (Lipinski definition) is 4. The summed E-state index contributed by atoms with van der Waals surface area (Å²) in [7, 11) is 0. The molecule has 0 aliphatic rings. The van der Waals surface area contributed by atoms with Crippen LogP contribution < -0.4 is 5.43 Å². The molecule has 1 atom stereocenters. The van der Waals surface area contributed by atoms with Crippen molar-refractivity contribution in [3.05, 3.63) is 72.0 Å². The van der Waals surface area contributed by atoms with Crippen molar-refractivity contribution in [3.63, 3.8) is 0 Å². The molecule has 0 saturated heterocycles. The van der Waals surface area contributed by atoms with E-state index < -0.39 is 23.9 Å². The number of hydrogen-bond acceptors (Lipinski definition) is 7. The van der Waals surface area contributed by atoms with Gasteiger partial charge < -0.3 is 19.8 Å². The summed E-state index contributed by atoms with van der Waals surface area (Å²) in [6.45, 7) is -0.229. The van der Waals surface area contributed by atoms with Crippen molar-refractivity contribution in [1.29, 1.82) is 0 Å². The largest absolute Gasteiger partial charge is 0.491 e. The molecule has 150 valence electrons. The molecule has 0 bridgehead atoms. The first-order valence-corrected chi connectivity index (χ1v) is 8.69. The molecule has 0 saturated carbocycles. The van der Waals surface area contributed by atoms with Gasteiger partial charge in [0.1, 0.15) is 0 Å². The maximum atomic E-state index is 12.2. The second-order valence-electron chi connectivity index (χ2n) is 6.29. The number of nitrogens with zero attached hydrogens (tertiary/aromatic N) is 2. The van der Waals surface area contributed by atoms with E-state index in [0.29, 0.717) is 0 Å². The van der Waals surface area contributed by atoms with Crippen LogP contribution in [0, 0.1) is 0 Å². The first kappa shape index (κ1) is 20.1. The van der Waals surface area contributed by atoms with Gasteiger partial charge in [-0.05, 0) is 21.8 Å². The summed E-state index contributed by atoms with van der Waals surface area (Å²) in [4.78, 5) is 23.2. The topological polar surface area (TPSA) is 136 Å². The van der Waals surface area contributed by atoms with E-state index in [1.54, 1.807) is 0 Å². The van der Waals surface area contributed by atoms with Crippen LogP contribution in [0.25, 0.3) is 11.1 Å². The Morgan fingerprint density at radius 1 is 1.07 bits per heavy atom. The van der Waals surface area contributed by atoms with Crippen LogP contribution in [0.4, 0.5) is 0 Å². The van der Waals surface area contributed by atoms with Crippen LogP contribution in [0.15, 0.2) is 65.2 Å². The molecule has 3 rings (SSSR count). The van der Waals surface area contributed by atoms with Gasteiger partial charge in [-0.15, -0.1) is 0 Å². The molecule has 0 fully saturated rings. The molecule has 0 aliphatic carbocycles. The van der Waals surface area contributed by atoms with Crippen LogP contribution in [0.3, 0.4) is 0 Å². The van der Waals surface area contributed by atoms with Gasteiger partial charge in [0.05, 0.1) is 12.6 Å². The molecular formula is C20H19N3O6. The first-order chi connectivity index (χ1) is 13.9. The smallest absolute Gasteiger partial charge is 0.333 e. The fourth-order valence-corrected chi connectivity index (χ4v) is 2.66. The molecule has 0 aliphatic heterocycles. The highest BCUT2D eigenvalue weighted by atomic mass is 16.5. The minimum atomic E-state index is -1.71. The highest BCUT2D eigenvalue weighted by molar-refractivity contribution is 5.91. The highest BCUT2D eigenvalue weighted by Gasteiger charge is 2.22. The number of rotatable bonds is 8. The first-order valence-electron chi connectivity index (χ1n) is 8.69. The highest BCUT2D eigenvalue weighted by Crippen LogP contribution is 2.20. The second-order valence-corrected chi connectivity index (χ2v) is 6.29. The van der Waals surface area contributed by atoms with E-state index in [0.717, 1.165) is 22.8 Å². The summed E-state index contributed by atoms with van der Waals surface area (Å²) in [5.74, 6) is -2.86. The zero-order valence-corrected chi connectivity index (χ0v) is 15.2. The number of aliphatic hydroxyl groups is 1. The van der Waals surface area contributed by atoms with Crippen molar-refractivity contribution in [2.24, 2.45) is 0 Å². The van der Waals surface area contributed by atoms with Crippen molar-refractivity contribution in [3.8, 4) is 17.0 Å². The molecule has 9 nitrogen and oxygen atoms in total. The van der Waals surface area contributed by atoms with Crippen LogP contribution in [0.2, 0.25) is 0 Å². The van der Waals surface area contributed by atoms with Gasteiger partial charge in [0, 0.05) is 6.54 Å². The zero-order valence-electron chi connectivity index (χ0n) is 15.2. The van der Waals surface area contributed by atoms with E-state index in [9.17, 15) is 19.8 Å². The molecular weight excluding hydrogens is 378 g/mol. The fraction of sp³-hybridized carbons (Fsp3) is 0.150. The lowest BCUT2D eigenvalue weighted by molar-refractivity contribution is -0.148. The summed E-state index contributed by atoms with van der Waals surface area (Å²) < 4.78 is 4.68. The van der Waals surface area contributed by atoms with Gasteiger partial charge in [0.2, 0.25) is 5.76 Å². The molecule has 0 radical (unpaired) electrons. The average molecular weight is 397 g/mol. The number of benzene rings is 2. The van der Waals surface area contributed by atoms with Gasteiger partial charge in [-0.2, -0.15) is 0 Å². The third-order valence-corrected chi connectivity index (χ3v) is 4.09. The lowest BCUT2D eigenvalue weighted by Crippen LogP contribution is -2.47. The van der Waals surface area contributed by atoms with E-state index in [1.165, 1.54) is 5.01 Å². The molecule has 1 amide bonds. The van der Waals surface area contributed by atoms with Crippen molar-refractivity contribution >= 4 is 11.9 Å². The van der Waals surface area contributed by atoms with Crippen molar-refractivity contribution < 1.29 is 29.4 Å². The van der Waals surface area contributed by atoms with E-state index in [4.69, 9.17) is 5.11 Å². The summed E-state index contributed by atoms with van der Waals surface area (Å²) >= 11 is 0. The lowest BCUT2D eigenvalue weighted by Gasteiger charge is -2.24. The molecule has 0 unspecified atom stereocenters. The Hall–Kier alpha value is -3.69. The van der Waals surface area contributed by atoms with Crippen LogP contribution in [0.1, 0.15) is 16.1 Å². The molecule has 3 aromatic rings. The maximum absolute atomic E-state index is 12.2. The number of carbonyl (C=O) groups excluding carboxylic acids is 1. The van der Waals surface area contributed by atoms with Gasteiger partial charge in [0.25, 0.3) is 5.88 Å². The van der Waals surface area contributed by atoms with Gasteiger partial charge >= 0.3 is 11.9 Å². The summed E-state index contributed by atoms with van der Waals surface area (Å²) in [5, 5.41) is 32.3. The summed E-state index contributed by atoms with van der Waals surface area (Å²) in [6, 6.07) is 18.3. The third-order valence-electron chi connectivity index (χ3n) is 4.09. The second kappa shape index (κ2) is 9.00. The van der Waals surface area contributed by atoms with Crippen molar-refractivity contribution in [2.75, 3.05) is 6.54 Å². The van der Waals surface area contributed by atoms with Crippen LogP contribution in [-0.2, 0) is 11.3 Å². The molecule has 29 heavy (non-hydrogen) atoms. The SMILES string of the molecule is O=C(NN(Cc1ccc(-c2ccccc2)cc1)C[C@@H](O)C(=O)O)c1cc(O)no1. The molecule has 1 aromatic heterocycles. The van der Waals surface area contributed by atoms with E-state index in [1.807, 2.05) is 54.6 Å². The lowest BCUT2D eigenvalue weighted by atomic mass is 10.0. The minimum Gasteiger partial charge on any atom is -0.491 e. The Morgan fingerprint density at radius 2 is 1.72 bits per heavy atom. The average Bonchev–Trinajstić information content (AvgIpc) is 3.15. The Bertz CT molecular complexity index is 971. The number of hydrazine groups is 1. The van der Waals surface area contributed by atoms with Crippen molar-refractivity contribution in [2.45, 2.75) is 12.6 Å². The molecule has 2 aromatic carbocycles. The number of carboxylic acids is 1. The number of aromatic hydroxyl groups is 1. The number of carboxylic acid groups (broad SMARTS) is 1. The predicted octanol–water partition coefficient (Wildman–Crippen LogP) is 1.64. The Balaban J connectivity index is 1.73. The monoisotopic (exact) mass is 397 g/mol. The third kappa shape index (κ3) is 5.41. The fourth-order valence-electron chi connectivity index (χ4n) is 2.66. The predicted molar refractivity (Wildman–Crippen MR) is 102 cm³/mol. The van der Waals surface area contributed by atoms with E-state index in [-0.39, 0.29) is 18.8 Å². The number of aliphatic hydroxyl groups excluding tert-OH is 1. The van der Waals surface area contributed by atoms with Crippen LogP contribution in [-0.4, -0.2) is 50.0 Å². The Labute approximate surface area is 165 Å². The van der Waals surface area contributed by atoms with Crippen LogP contribution >= 0.6 is 0 Å². The van der Waals surface area contributed by atoms with Gasteiger partial charge in [-0.25, -0.2) is 9.80 Å². The van der Waals surface area contributed by atoms with E-state index in [2.05, 4.69) is 15.1 Å². The van der Waals surface area contributed by atoms with Gasteiger partial charge in [-0.1, -0.05) is 54.6 Å². The maximum Gasteiger partial charge on any atom is 0.333 e. The molecule has 0 spiro atoms. The molecule has 4 N–H and O–H groups in total. The molecule has 1 heterocycles. The number of aromatic nitrogens is 1. The number of amides is 1. The standard InChI is InChI=1S/C20H19N3O6/c24-16(20(27)28)12-23(21-19(26)17-10-18(25)22-29-17)11-13-6-8-15(9-7-13)14-4-2-1-3-5-14/h1-10,16,24H,11-12H2,(H,21,26)(H,22,25)(H,27,28)/t16-/m1/s1.